The van der Waals surface area contributed by atoms with E-state index in [1.807, 2.05) is 13.1 Å². The highest BCUT2D eigenvalue weighted by Crippen LogP contribution is 2.26. The predicted molar refractivity (Wildman–Crippen MR) is 140 cm³/mol. The Hall–Kier alpha value is -2.50. The van der Waals surface area contributed by atoms with Crippen LogP contribution in [0.25, 0.3) is 16.5 Å². The second kappa shape index (κ2) is 12.7. The highest BCUT2D eigenvalue weighted by Gasteiger charge is 2.25. The third kappa shape index (κ3) is 7.51. The summed E-state index contributed by atoms with van der Waals surface area (Å²) in [4.78, 5) is 11.5. The highest BCUT2D eigenvalue weighted by atomic mass is 16.5. The summed E-state index contributed by atoms with van der Waals surface area (Å²) in [7, 11) is 0. The van der Waals surface area contributed by atoms with Crippen molar-refractivity contribution in [2.24, 2.45) is 0 Å². The summed E-state index contributed by atoms with van der Waals surface area (Å²) in [6, 6.07) is 7.28. The molecule has 1 saturated carbocycles. The van der Waals surface area contributed by atoms with E-state index in [0.717, 1.165) is 48.7 Å². The molecule has 1 saturated heterocycles. The fraction of sp³-hybridized carbons (Fsp3) is 0.500. The zero-order valence-corrected chi connectivity index (χ0v) is 20.9. The summed E-state index contributed by atoms with van der Waals surface area (Å²) < 4.78 is 5.28. The van der Waals surface area contributed by atoms with Gasteiger partial charge in [0.25, 0.3) is 0 Å². The van der Waals surface area contributed by atoms with Gasteiger partial charge < -0.3 is 10.1 Å². The molecule has 178 valence electrons. The van der Waals surface area contributed by atoms with E-state index >= 15 is 0 Å². The lowest BCUT2D eigenvalue weighted by atomic mass is 9.91. The minimum atomic E-state index is 0.589. The van der Waals surface area contributed by atoms with E-state index < -0.39 is 0 Å². The zero-order chi connectivity index (χ0) is 23.6. The number of anilines is 1. The van der Waals surface area contributed by atoms with Gasteiger partial charge in [-0.3, -0.25) is 4.90 Å². The molecular formula is C28H40N4O. The van der Waals surface area contributed by atoms with Crippen molar-refractivity contribution < 1.29 is 4.74 Å². The summed E-state index contributed by atoms with van der Waals surface area (Å²) >= 11 is 0. The van der Waals surface area contributed by atoms with Crippen LogP contribution in [0.3, 0.4) is 0 Å². The van der Waals surface area contributed by atoms with Crippen LogP contribution in [-0.4, -0.2) is 47.2 Å². The summed E-state index contributed by atoms with van der Waals surface area (Å²) in [5.74, 6) is 0.589. The second-order valence-corrected chi connectivity index (χ2v) is 9.06. The van der Waals surface area contributed by atoms with Gasteiger partial charge in [-0.2, -0.15) is 0 Å². The third-order valence-corrected chi connectivity index (χ3v) is 6.29. The Morgan fingerprint density at radius 3 is 2.61 bits per heavy atom. The average Bonchev–Trinajstić information content (AvgIpc) is 2.77. The van der Waals surface area contributed by atoms with Crippen LogP contribution in [0.5, 0.6) is 0 Å². The van der Waals surface area contributed by atoms with Crippen LogP contribution >= 0.6 is 0 Å². The lowest BCUT2D eigenvalue weighted by molar-refractivity contribution is -0.00153. The van der Waals surface area contributed by atoms with E-state index in [1.165, 1.54) is 49.1 Å². The Morgan fingerprint density at radius 2 is 2.00 bits per heavy atom. The largest absolute Gasteiger partial charge is 0.379 e. The van der Waals surface area contributed by atoms with Gasteiger partial charge in [-0.05, 0) is 63.7 Å². The van der Waals surface area contributed by atoms with E-state index in [2.05, 4.69) is 77.9 Å². The van der Waals surface area contributed by atoms with E-state index in [4.69, 9.17) is 4.74 Å². The number of rotatable bonds is 7. The minimum Gasteiger partial charge on any atom is -0.379 e. The Balaban J connectivity index is 0.000000252. The van der Waals surface area contributed by atoms with Crippen LogP contribution in [0.4, 0.5) is 5.95 Å². The fourth-order valence-corrected chi connectivity index (χ4v) is 4.26. The first-order valence-electron chi connectivity index (χ1n) is 12.3. The number of allylic oxidation sites excluding steroid dienone is 5. The van der Waals surface area contributed by atoms with E-state index in [0.29, 0.717) is 5.95 Å². The summed E-state index contributed by atoms with van der Waals surface area (Å²) in [5, 5.41) is 4.11. The molecule has 1 aliphatic carbocycles. The molecule has 1 N–H and O–H groups in total. The molecule has 0 unspecified atom stereocenters. The van der Waals surface area contributed by atoms with Crippen LogP contribution in [-0.2, 0) is 4.74 Å². The molecule has 2 aromatic rings. The number of hydrogen-bond acceptors (Lipinski definition) is 5. The molecule has 5 heteroatoms. The molecule has 2 fully saturated rings. The number of aromatic nitrogens is 2. The quantitative estimate of drug-likeness (QED) is 0.484. The van der Waals surface area contributed by atoms with Crippen molar-refractivity contribution in [3.05, 3.63) is 60.0 Å². The number of benzene rings is 1. The van der Waals surface area contributed by atoms with Crippen molar-refractivity contribution in [3.8, 4) is 0 Å². The fourth-order valence-electron chi connectivity index (χ4n) is 4.26. The normalized spacial score (nSPS) is 17.8. The number of nitrogens with one attached hydrogen (secondary N) is 1. The maximum absolute atomic E-state index is 5.28. The van der Waals surface area contributed by atoms with Crippen molar-refractivity contribution in [1.29, 1.82) is 0 Å². The number of nitrogens with zero attached hydrogens (tertiary/aromatic N) is 3. The van der Waals surface area contributed by atoms with Gasteiger partial charge in [-0.1, -0.05) is 49.8 Å². The lowest BCUT2D eigenvalue weighted by Gasteiger charge is -2.39. The Bertz CT molecular complexity index is 985. The molecule has 0 bridgehead atoms. The van der Waals surface area contributed by atoms with Crippen LogP contribution < -0.4 is 5.32 Å². The van der Waals surface area contributed by atoms with Crippen molar-refractivity contribution in [2.45, 2.75) is 65.8 Å². The molecule has 1 aromatic heterocycles. The molecule has 0 spiro atoms. The second-order valence-electron chi connectivity index (χ2n) is 9.06. The molecule has 1 aliphatic heterocycles. The first-order chi connectivity index (χ1) is 16.0. The maximum Gasteiger partial charge on any atom is 0.227 e. The van der Waals surface area contributed by atoms with E-state index in [-0.39, 0.29) is 0 Å². The number of fused-ring (bicyclic) bond motifs is 1. The van der Waals surface area contributed by atoms with Gasteiger partial charge in [-0.25, -0.2) is 9.97 Å². The molecule has 0 amide bonds. The van der Waals surface area contributed by atoms with E-state index in [1.54, 1.807) is 0 Å². The molecule has 5 nitrogen and oxygen atoms in total. The first-order valence-corrected chi connectivity index (χ1v) is 12.3. The highest BCUT2D eigenvalue weighted by molar-refractivity contribution is 5.83. The summed E-state index contributed by atoms with van der Waals surface area (Å²) in [6.45, 7) is 16.4. The Morgan fingerprint density at radius 1 is 1.24 bits per heavy atom. The van der Waals surface area contributed by atoms with Gasteiger partial charge >= 0.3 is 0 Å². The molecule has 1 aromatic carbocycles. The van der Waals surface area contributed by atoms with Crippen molar-refractivity contribution in [2.75, 3.05) is 31.6 Å². The maximum atomic E-state index is 5.28. The topological polar surface area (TPSA) is 50.3 Å². The molecule has 0 radical (unpaired) electrons. The van der Waals surface area contributed by atoms with Crippen LogP contribution in [0.15, 0.2) is 54.4 Å². The predicted octanol–water partition coefficient (Wildman–Crippen LogP) is 6.60. The Kier molecular flexibility index (Phi) is 9.64. The average molecular weight is 449 g/mol. The van der Waals surface area contributed by atoms with Gasteiger partial charge in [0.05, 0.1) is 18.7 Å². The summed E-state index contributed by atoms with van der Waals surface area (Å²) in [6.07, 6.45) is 12.7. The van der Waals surface area contributed by atoms with Crippen LogP contribution in [0, 0.1) is 0 Å². The van der Waals surface area contributed by atoms with Gasteiger partial charge in [0.15, 0.2) is 0 Å². The van der Waals surface area contributed by atoms with Gasteiger partial charge in [0, 0.05) is 36.4 Å². The van der Waals surface area contributed by atoms with Crippen LogP contribution in [0.2, 0.25) is 0 Å². The number of ether oxygens (including phenoxy) is 1. The number of hydrogen-bond donors (Lipinski definition) is 1. The van der Waals surface area contributed by atoms with Crippen molar-refractivity contribution in [1.82, 2.24) is 14.9 Å². The molecule has 2 heterocycles. The molecular weight excluding hydrogens is 408 g/mol. The summed E-state index contributed by atoms with van der Waals surface area (Å²) in [5.41, 5.74) is 5.70. The molecule has 4 rings (SSSR count). The monoisotopic (exact) mass is 448 g/mol. The van der Waals surface area contributed by atoms with Crippen molar-refractivity contribution in [3.63, 3.8) is 0 Å². The van der Waals surface area contributed by atoms with Gasteiger partial charge in [0.1, 0.15) is 0 Å². The van der Waals surface area contributed by atoms with Gasteiger partial charge in [-0.15, -0.1) is 0 Å². The van der Waals surface area contributed by atoms with Crippen LogP contribution in [0.1, 0.15) is 65.4 Å². The van der Waals surface area contributed by atoms with Crippen molar-refractivity contribution >= 4 is 22.4 Å². The standard InChI is InChI=1S/C20H25N3.C8H15NO/c1-6-8-15(5)11-16(7-2)17-9-10-18-13-21-20(22-14(3)4)23-19(18)12-17;1-2-8(3-1)9-4-6-10-7-5-9/h7-10,12-13H,3,6,11H2,1-2,4-5H3,(H,21,22,23);8H,1-7H2/b15-8+,16-7+;. The lowest BCUT2D eigenvalue weighted by Crippen LogP contribution is -2.46. The van der Waals surface area contributed by atoms with Gasteiger partial charge in [0.2, 0.25) is 5.95 Å². The van der Waals surface area contributed by atoms with E-state index in [9.17, 15) is 0 Å². The third-order valence-electron chi connectivity index (χ3n) is 6.29. The Labute approximate surface area is 199 Å². The smallest absolute Gasteiger partial charge is 0.227 e. The zero-order valence-electron chi connectivity index (χ0n) is 20.9. The SMILES string of the molecule is C1CC(N2CCOCC2)C1.C=C(C)Nc1ncc2ccc(/C(=C/C)C/C(C)=C/CC)cc2n1. The molecule has 2 aliphatic rings. The molecule has 0 atom stereocenters. The minimum absolute atomic E-state index is 0.589. The first kappa shape index (κ1) is 25.1. The number of morpholine rings is 1. The molecule has 33 heavy (non-hydrogen) atoms.